The molecule has 0 aromatic heterocycles. The predicted molar refractivity (Wildman–Crippen MR) is 53.2 cm³/mol. The first-order valence-corrected chi connectivity index (χ1v) is 4.31. The zero-order valence-corrected chi connectivity index (χ0v) is 7.77. The molecule has 0 heterocycles. The molecule has 0 aliphatic rings. The lowest BCUT2D eigenvalue weighted by Crippen LogP contribution is -2.05. The number of carbonyl (C=O) groups is 1. The lowest BCUT2D eigenvalue weighted by Gasteiger charge is -2.04. The maximum atomic E-state index is 11.3. The van der Waals surface area contributed by atoms with E-state index in [-0.39, 0.29) is 17.9 Å². The van der Waals surface area contributed by atoms with Crippen molar-refractivity contribution in [2.24, 2.45) is 0 Å². The van der Waals surface area contributed by atoms with E-state index in [2.05, 4.69) is 6.58 Å². The van der Waals surface area contributed by atoms with Gasteiger partial charge in [0, 0.05) is 0 Å². The Morgan fingerprint density at radius 3 is 2.86 bits per heavy atom. The Labute approximate surface area is 82.6 Å². The molecular formula is C11H12O3. The third-order valence-corrected chi connectivity index (χ3v) is 1.68. The van der Waals surface area contributed by atoms with Gasteiger partial charge in [-0.15, -0.1) is 6.58 Å². The van der Waals surface area contributed by atoms with Crippen molar-refractivity contribution in [3.8, 4) is 5.75 Å². The van der Waals surface area contributed by atoms with Gasteiger partial charge in [0.15, 0.2) is 0 Å². The highest BCUT2D eigenvalue weighted by Crippen LogP contribution is 2.16. The van der Waals surface area contributed by atoms with E-state index in [1.807, 2.05) is 0 Å². The second-order valence-electron chi connectivity index (χ2n) is 2.73. The number of benzene rings is 1. The quantitative estimate of drug-likeness (QED) is 0.451. The number of rotatable bonds is 4. The van der Waals surface area contributed by atoms with E-state index in [1.165, 1.54) is 12.1 Å². The molecule has 74 valence electrons. The Bertz CT molecular complexity index is 331. The molecule has 0 spiro atoms. The maximum absolute atomic E-state index is 11.3. The largest absolute Gasteiger partial charge is 0.507 e. The van der Waals surface area contributed by atoms with Crippen molar-refractivity contribution in [3.63, 3.8) is 0 Å². The van der Waals surface area contributed by atoms with Gasteiger partial charge in [0.1, 0.15) is 11.3 Å². The zero-order valence-electron chi connectivity index (χ0n) is 7.77. The second-order valence-corrected chi connectivity index (χ2v) is 2.73. The summed E-state index contributed by atoms with van der Waals surface area (Å²) in [6.07, 6.45) is 2.28. The summed E-state index contributed by atoms with van der Waals surface area (Å²) in [5.41, 5.74) is 0.191. The Morgan fingerprint density at radius 1 is 1.50 bits per heavy atom. The smallest absolute Gasteiger partial charge is 0.341 e. The molecule has 0 atom stereocenters. The van der Waals surface area contributed by atoms with Crippen LogP contribution in [0.15, 0.2) is 36.9 Å². The summed E-state index contributed by atoms with van der Waals surface area (Å²) < 4.78 is 4.88. The summed E-state index contributed by atoms with van der Waals surface area (Å²) in [7, 11) is 0. The number of aromatic hydroxyl groups is 1. The van der Waals surface area contributed by atoms with Crippen molar-refractivity contribution in [3.05, 3.63) is 42.5 Å². The van der Waals surface area contributed by atoms with Crippen LogP contribution in [0.3, 0.4) is 0 Å². The number of phenolic OH excluding ortho intramolecular Hbond substituents is 1. The number of para-hydroxylation sites is 1. The van der Waals surface area contributed by atoms with Gasteiger partial charge in [-0.1, -0.05) is 18.2 Å². The number of phenols is 1. The molecule has 1 rings (SSSR count). The van der Waals surface area contributed by atoms with Crippen LogP contribution in [0.4, 0.5) is 0 Å². The van der Waals surface area contributed by atoms with E-state index >= 15 is 0 Å². The lowest BCUT2D eigenvalue weighted by atomic mass is 10.2. The standard InChI is InChI=1S/C11H12O3/c1-2-3-8-14-11(13)9-6-4-5-7-10(9)12/h2,4-7,12H,1,3,8H2. The lowest BCUT2D eigenvalue weighted by molar-refractivity contribution is 0.0508. The van der Waals surface area contributed by atoms with E-state index in [1.54, 1.807) is 18.2 Å². The molecule has 3 heteroatoms. The minimum atomic E-state index is -0.509. The molecule has 0 fully saturated rings. The minimum Gasteiger partial charge on any atom is -0.507 e. The molecule has 1 aromatic carbocycles. The Hall–Kier alpha value is -1.77. The zero-order chi connectivity index (χ0) is 10.4. The molecular weight excluding hydrogens is 180 g/mol. The maximum Gasteiger partial charge on any atom is 0.341 e. The second kappa shape index (κ2) is 5.07. The number of esters is 1. The molecule has 1 aromatic rings. The summed E-state index contributed by atoms with van der Waals surface area (Å²) in [6, 6.07) is 6.29. The normalized spacial score (nSPS) is 9.43. The molecule has 0 saturated carbocycles. The van der Waals surface area contributed by atoms with Crippen LogP contribution in [0.1, 0.15) is 16.8 Å². The van der Waals surface area contributed by atoms with Gasteiger partial charge in [-0.05, 0) is 18.6 Å². The summed E-state index contributed by atoms with van der Waals surface area (Å²) in [5.74, 6) is -0.568. The summed E-state index contributed by atoms with van der Waals surface area (Å²) in [6.45, 7) is 3.80. The van der Waals surface area contributed by atoms with Gasteiger partial charge in [-0.25, -0.2) is 4.79 Å². The van der Waals surface area contributed by atoms with Crippen molar-refractivity contribution in [2.45, 2.75) is 6.42 Å². The van der Waals surface area contributed by atoms with Crippen LogP contribution < -0.4 is 0 Å². The summed E-state index contributed by atoms with van der Waals surface area (Å²) in [5, 5.41) is 9.32. The fourth-order valence-corrected chi connectivity index (χ4v) is 0.959. The molecule has 3 nitrogen and oxygen atoms in total. The van der Waals surface area contributed by atoms with Crippen molar-refractivity contribution >= 4 is 5.97 Å². The van der Waals surface area contributed by atoms with E-state index in [0.717, 1.165) is 0 Å². The van der Waals surface area contributed by atoms with E-state index in [9.17, 15) is 9.90 Å². The Balaban J connectivity index is 2.60. The van der Waals surface area contributed by atoms with E-state index < -0.39 is 5.97 Å². The third-order valence-electron chi connectivity index (χ3n) is 1.68. The van der Waals surface area contributed by atoms with Gasteiger partial charge >= 0.3 is 5.97 Å². The monoisotopic (exact) mass is 192 g/mol. The first-order chi connectivity index (χ1) is 6.75. The van der Waals surface area contributed by atoms with Crippen LogP contribution in [-0.2, 0) is 4.74 Å². The Morgan fingerprint density at radius 2 is 2.21 bits per heavy atom. The number of hydrogen-bond acceptors (Lipinski definition) is 3. The molecule has 0 unspecified atom stereocenters. The highest BCUT2D eigenvalue weighted by molar-refractivity contribution is 5.92. The minimum absolute atomic E-state index is 0.0592. The summed E-state index contributed by atoms with van der Waals surface area (Å²) in [4.78, 5) is 11.3. The summed E-state index contributed by atoms with van der Waals surface area (Å²) >= 11 is 0. The van der Waals surface area contributed by atoms with Crippen molar-refractivity contribution in [1.82, 2.24) is 0 Å². The Kier molecular flexibility index (Phi) is 3.73. The predicted octanol–water partition coefficient (Wildman–Crippen LogP) is 2.13. The van der Waals surface area contributed by atoms with Gasteiger partial charge in [0.05, 0.1) is 6.61 Å². The molecule has 0 amide bonds. The fourth-order valence-electron chi connectivity index (χ4n) is 0.959. The van der Waals surface area contributed by atoms with Crippen LogP contribution in [0, 0.1) is 0 Å². The molecule has 0 aliphatic carbocycles. The van der Waals surface area contributed by atoms with Crippen molar-refractivity contribution in [1.29, 1.82) is 0 Å². The molecule has 0 radical (unpaired) electrons. The van der Waals surface area contributed by atoms with Crippen LogP contribution in [0.5, 0.6) is 5.75 Å². The van der Waals surface area contributed by atoms with Crippen molar-refractivity contribution in [2.75, 3.05) is 6.61 Å². The topological polar surface area (TPSA) is 46.5 Å². The van der Waals surface area contributed by atoms with Crippen molar-refractivity contribution < 1.29 is 14.6 Å². The first kappa shape index (κ1) is 10.3. The molecule has 1 N–H and O–H groups in total. The van der Waals surface area contributed by atoms with E-state index in [0.29, 0.717) is 6.42 Å². The van der Waals surface area contributed by atoms with Crippen LogP contribution in [-0.4, -0.2) is 17.7 Å². The van der Waals surface area contributed by atoms with Crippen LogP contribution in [0.2, 0.25) is 0 Å². The van der Waals surface area contributed by atoms with Gasteiger partial charge in [-0.2, -0.15) is 0 Å². The number of hydrogen-bond donors (Lipinski definition) is 1. The molecule has 0 bridgehead atoms. The van der Waals surface area contributed by atoms with Gasteiger partial charge < -0.3 is 9.84 Å². The highest BCUT2D eigenvalue weighted by atomic mass is 16.5. The van der Waals surface area contributed by atoms with Gasteiger partial charge in [0.25, 0.3) is 0 Å². The third kappa shape index (κ3) is 2.62. The molecule has 0 aliphatic heterocycles. The van der Waals surface area contributed by atoms with Gasteiger partial charge in [-0.3, -0.25) is 0 Å². The fraction of sp³-hybridized carbons (Fsp3) is 0.182. The average Bonchev–Trinajstić information content (AvgIpc) is 2.18. The molecule has 0 saturated heterocycles. The van der Waals surface area contributed by atoms with Crippen LogP contribution >= 0.6 is 0 Å². The van der Waals surface area contributed by atoms with Gasteiger partial charge in [0.2, 0.25) is 0 Å². The SMILES string of the molecule is C=CCCOC(=O)c1ccccc1O. The highest BCUT2D eigenvalue weighted by Gasteiger charge is 2.10. The average molecular weight is 192 g/mol. The molecule has 14 heavy (non-hydrogen) atoms. The number of ether oxygens (including phenoxy) is 1. The van der Waals surface area contributed by atoms with E-state index in [4.69, 9.17) is 4.74 Å². The van der Waals surface area contributed by atoms with Crippen LogP contribution in [0.25, 0.3) is 0 Å². The number of carbonyl (C=O) groups excluding carboxylic acids is 1. The first-order valence-electron chi connectivity index (χ1n) is 4.31.